The maximum absolute atomic E-state index is 15.0. The number of carbonyl (C=O) groups excluding carboxylic acids is 2. The lowest BCUT2D eigenvalue weighted by Crippen LogP contribution is -2.56. The summed E-state index contributed by atoms with van der Waals surface area (Å²) < 4.78 is 20.1. The second-order valence-corrected chi connectivity index (χ2v) is 15.3. The van der Waals surface area contributed by atoms with Gasteiger partial charge in [-0.1, -0.05) is 25.5 Å². The molecule has 1 aliphatic carbocycles. The van der Waals surface area contributed by atoms with E-state index < -0.39 is 0 Å². The predicted octanol–water partition coefficient (Wildman–Crippen LogP) is 5.60. The number of carbonyl (C=O) groups is 2. The summed E-state index contributed by atoms with van der Waals surface area (Å²) in [4.78, 5) is 34.2. The molecule has 0 spiro atoms. The average Bonchev–Trinajstić information content (AvgIpc) is 3.53. The third kappa shape index (κ3) is 7.44. The molecule has 0 unspecified atom stereocenters. The normalized spacial score (nSPS) is 23.6. The Morgan fingerprint density at radius 3 is 2.47 bits per heavy atom. The van der Waals surface area contributed by atoms with Crippen LogP contribution >= 0.6 is 0 Å². The number of piperidine rings is 1. The number of benzene rings is 2. The Kier molecular flexibility index (Phi) is 10.8. The van der Waals surface area contributed by atoms with Crippen LogP contribution in [0.2, 0.25) is 0 Å². The van der Waals surface area contributed by atoms with Crippen LogP contribution in [0.3, 0.4) is 0 Å². The van der Waals surface area contributed by atoms with E-state index in [2.05, 4.69) is 39.1 Å². The minimum Gasteiger partial charge on any atom is -0.453 e. The fourth-order valence-corrected chi connectivity index (χ4v) is 9.51. The molecule has 266 valence electrons. The van der Waals surface area contributed by atoms with Gasteiger partial charge >= 0.3 is 6.09 Å². The van der Waals surface area contributed by atoms with Crippen LogP contribution in [0.1, 0.15) is 68.4 Å². The van der Waals surface area contributed by atoms with Gasteiger partial charge in [-0.25, -0.2) is 9.18 Å². The third-order valence-electron chi connectivity index (χ3n) is 11.9. The van der Waals surface area contributed by atoms with Gasteiger partial charge in [-0.15, -0.1) is 0 Å². The number of methoxy groups -OCH3 is 1. The smallest absolute Gasteiger partial charge is 0.407 e. The largest absolute Gasteiger partial charge is 0.453 e. The first-order valence-corrected chi connectivity index (χ1v) is 18.2. The lowest BCUT2D eigenvalue weighted by Gasteiger charge is -2.52. The van der Waals surface area contributed by atoms with Crippen LogP contribution in [-0.2, 0) is 10.2 Å². The number of nitriles is 1. The molecule has 3 aliphatic heterocycles. The fraction of sp³-hybridized carbons (Fsp3) is 0.615. The number of nitrogens with one attached hydrogen (secondary N) is 1. The molecule has 0 bridgehead atoms. The van der Waals surface area contributed by atoms with E-state index in [0.717, 1.165) is 102 Å². The van der Waals surface area contributed by atoms with Gasteiger partial charge in [0.15, 0.2) is 0 Å². The minimum absolute atomic E-state index is 0. The number of amides is 2. The standard InChI is InChI=1S/C39H53FN6O3.H2/c1-27-22-45(23-27)18-15-39(31-7-5-8-32(40)19-31,35-9-6-10-36(35)42-38(48)49-4)30-13-16-44(17-14-30)24-28-25-46(26-28)33-12-11-29(21-41)34(20-33)37(47)43(2)3;/h5,7-8,11-12,19-20,27-28,30,35-36H,6,9-10,13-18,22-26H2,1-4H3,(H,42,48);1H/t35-,36-,39-;/m0./s1. The van der Waals surface area contributed by atoms with Crippen LogP contribution in [0.25, 0.3) is 0 Å². The second kappa shape index (κ2) is 15.1. The Morgan fingerprint density at radius 1 is 1.06 bits per heavy atom. The molecule has 49 heavy (non-hydrogen) atoms. The highest BCUT2D eigenvalue weighted by atomic mass is 19.1. The van der Waals surface area contributed by atoms with Crippen molar-refractivity contribution in [1.29, 1.82) is 5.26 Å². The molecule has 6 rings (SSSR count). The van der Waals surface area contributed by atoms with Crippen LogP contribution in [0.4, 0.5) is 14.9 Å². The van der Waals surface area contributed by atoms with Gasteiger partial charge in [-0.3, -0.25) is 4.79 Å². The van der Waals surface area contributed by atoms with Gasteiger partial charge in [0, 0.05) is 71.3 Å². The molecular weight excluding hydrogens is 619 g/mol. The van der Waals surface area contributed by atoms with Gasteiger partial charge in [-0.2, -0.15) is 5.26 Å². The number of nitrogens with zero attached hydrogens (tertiary/aromatic N) is 5. The highest BCUT2D eigenvalue weighted by molar-refractivity contribution is 5.97. The van der Waals surface area contributed by atoms with E-state index in [1.54, 1.807) is 32.3 Å². The third-order valence-corrected chi connectivity index (χ3v) is 11.9. The first-order chi connectivity index (χ1) is 23.6. The number of halogens is 1. The summed E-state index contributed by atoms with van der Waals surface area (Å²) in [5.41, 5.74) is 2.68. The quantitative estimate of drug-likeness (QED) is 0.332. The highest BCUT2D eigenvalue weighted by Gasteiger charge is 2.52. The van der Waals surface area contributed by atoms with Gasteiger partial charge in [0.05, 0.1) is 24.3 Å². The Morgan fingerprint density at radius 2 is 1.82 bits per heavy atom. The summed E-state index contributed by atoms with van der Waals surface area (Å²) in [6, 6.07) is 15.1. The Balaban J connectivity index is 0.00000486. The summed E-state index contributed by atoms with van der Waals surface area (Å²) >= 11 is 0. The van der Waals surface area contributed by atoms with Gasteiger partial charge < -0.3 is 29.7 Å². The molecule has 3 saturated heterocycles. The fourth-order valence-electron chi connectivity index (χ4n) is 9.51. The van der Waals surface area contributed by atoms with Crippen molar-refractivity contribution in [3.63, 3.8) is 0 Å². The second-order valence-electron chi connectivity index (χ2n) is 15.3. The van der Waals surface area contributed by atoms with Crippen LogP contribution in [0.15, 0.2) is 42.5 Å². The summed E-state index contributed by atoms with van der Waals surface area (Å²) in [5, 5.41) is 12.7. The van der Waals surface area contributed by atoms with Crippen LogP contribution in [-0.4, -0.2) is 106 Å². The number of hydrogen-bond acceptors (Lipinski definition) is 7. The first-order valence-electron chi connectivity index (χ1n) is 18.2. The molecule has 1 saturated carbocycles. The van der Waals surface area contributed by atoms with Crippen LogP contribution < -0.4 is 10.2 Å². The summed E-state index contributed by atoms with van der Waals surface area (Å²) in [5.74, 6) is 1.48. The SMILES string of the molecule is COC(=O)N[C@H]1CCC[C@@H]1[C@](CCN1CC(C)C1)(c1cccc(F)c1)C1CCN(CC2CN(c3ccc(C#N)c(C(=O)N(C)C)c3)C2)CC1.[HH]. The molecule has 1 N–H and O–H groups in total. The zero-order valence-electron chi connectivity index (χ0n) is 29.7. The van der Waals surface area contributed by atoms with Crippen LogP contribution in [0.5, 0.6) is 0 Å². The lowest BCUT2D eigenvalue weighted by atomic mass is 9.56. The van der Waals surface area contributed by atoms with Gasteiger partial charge in [-0.05, 0) is 105 Å². The molecule has 4 fully saturated rings. The van der Waals surface area contributed by atoms with E-state index in [9.17, 15) is 14.9 Å². The maximum atomic E-state index is 15.0. The van der Waals surface area contributed by atoms with Crippen molar-refractivity contribution in [3.05, 3.63) is 65.0 Å². The molecule has 0 aromatic heterocycles. The van der Waals surface area contributed by atoms with Gasteiger partial charge in [0.2, 0.25) is 0 Å². The number of rotatable bonds is 11. The molecule has 2 aromatic carbocycles. The summed E-state index contributed by atoms with van der Waals surface area (Å²) in [7, 11) is 4.84. The number of hydrogen-bond donors (Lipinski definition) is 1. The van der Waals surface area contributed by atoms with E-state index in [1.165, 1.54) is 12.0 Å². The number of ether oxygens (including phenoxy) is 1. The molecule has 4 aliphatic rings. The van der Waals surface area contributed by atoms with Crippen molar-refractivity contribution in [3.8, 4) is 6.07 Å². The number of anilines is 1. The minimum atomic E-state index is -0.382. The van der Waals surface area contributed by atoms with Crippen molar-refractivity contribution >= 4 is 17.7 Å². The van der Waals surface area contributed by atoms with E-state index in [4.69, 9.17) is 4.74 Å². The molecule has 10 heteroatoms. The molecule has 0 radical (unpaired) electrons. The van der Waals surface area contributed by atoms with E-state index in [-0.39, 0.29) is 36.6 Å². The summed E-state index contributed by atoms with van der Waals surface area (Å²) in [6.45, 7) is 10.4. The zero-order valence-corrected chi connectivity index (χ0v) is 29.7. The average molecular weight is 675 g/mol. The molecule has 2 amide bonds. The van der Waals surface area contributed by atoms with Gasteiger partial charge in [0.1, 0.15) is 5.82 Å². The number of alkyl carbamates (subject to hydrolysis) is 1. The Labute approximate surface area is 292 Å². The predicted molar refractivity (Wildman–Crippen MR) is 191 cm³/mol. The number of likely N-dealkylation sites (tertiary alicyclic amines) is 2. The van der Waals surface area contributed by atoms with Crippen molar-refractivity contribution in [1.82, 2.24) is 20.0 Å². The summed E-state index contributed by atoms with van der Waals surface area (Å²) in [6.07, 6.45) is 5.62. The molecule has 9 nitrogen and oxygen atoms in total. The van der Waals surface area contributed by atoms with Gasteiger partial charge in [0.25, 0.3) is 5.91 Å². The molecule has 3 atom stereocenters. The Bertz CT molecular complexity index is 1530. The lowest BCUT2D eigenvalue weighted by molar-refractivity contribution is 0.0368. The Hall–Kier alpha value is -3.68. The maximum Gasteiger partial charge on any atom is 0.407 e. The first kappa shape index (κ1) is 35.2. The topological polar surface area (TPSA) is 92.1 Å². The van der Waals surface area contributed by atoms with E-state index >= 15 is 4.39 Å². The van der Waals surface area contributed by atoms with E-state index in [1.807, 2.05) is 18.2 Å². The van der Waals surface area contributed by atoms with Crippen molar-refractivity contribution in [2.75, 3.05) is 78.5 Å². The van der Waals surface area contributed by atoms with E-state index in [0.29, 0.717) is 28.9 Å². The zero-order chi connectivity index (χ0) is 34.7. The molecule has 2 aromatic rings. The van der Waals surface area contributed by atoms with Crippen molar-refractivity contribution in [2.45, 2.75) is 56.9 Å². The van der Waals surface area contributed by atoms with Crippen LogP contribution in [0, 0.1) is 40.8 Å². The van der Waals surface area contributed by atoms with Crippen molar-refractivity contribution in [2.24, 2.45) is 23.7 Å². The molecular formula is C39H55FN6O3. The molecule has 3 heterocycles. The van der Waals surface area contributed by atoms with Crippen molar-refractivity contribution < 1.29 is 20.1 Å². The highest BCUT2D eigenvalue weighted by Crippen LogP contribution is 2.53. The monoisotopic (exact) mass is 674 g/mol.